The zero-order valence-electron chi connectivity index (χ0n) is 14.2. The Labute approximate surface area is 147 Å². The van der Waals surface area contributed by atoms with E-state index in [-0.39, 0.29) is 0 Å². The first kappa shape index (κ1) is 17.3. The van der Waals surface area contributed by atoms with Crippen molar-refractivity contribution in [2.75, 3.05) is 0 Å². The van der Waals surface area contributed by atoms with E-state index in [1.807, 2.05) is 49.4 Å². The van der Waals surface area contributed by atoms with Crippen molar-refractivity contribution < 1.29 is 9.84 Å². The highest BCUT2D eigenvalue weighted by atomic mass is 16.5. The van der Waals surface area contributed by atoms with E-state index in [0.717, 1.165) is 11.1 Å². The predicted molar refractivity (Wildman–Crippen MR) is 94.5 cm³/mol. The van der Waals surface area contributed by atoms with Crippen molar-refractivity contribution in [1.29, 1.82) is 0 Å². The molecule has 0 fully saturated rings. The van der Waals surface area contributed by atoms with Crippen molar-refractivity contribution in [1.82, 2.24) is 19.7 Å². The highest BCUT2D eigenvalue weighted by Gasteiger charge is 2.14. The number of benzene rings is 1. The lowest BCUT2D eigenvalue weighted by Gasteiger charge is -2.10. The maximum Gasteiger partial charge on any atom is 0.181 e. The molecule has 25 heavy (non-hydrogen) atoms. The van der Waals surface area contributed by atoms with Crippen LogP contribution in [0.15, 0.2) is 54.9 Å². The molecule has 1 N–H and O–H groups in total. The molecule has 0 bridgehead atoms. The first-order valence-corrected chi connectivity index (χ1v) is 8.40. The molecule has 2 heterocycles. The summed E-state index contributed by atoms with van der Waals surface area (Å²) in [4.78, 5) is 8.60. The molecule has 0 radical (unpaired) electrons. The van der Waals surface area contributed by atoms with Crippen LogP contribution in [0.25, 0.3) is 11.4 Å². The van der Waals surface area contributed by atoms with Crippen LogP contribution in [0.2, 0.25) is 0 Å². The molecule has 6 heteroatoms. The molecule has 0 aliphatic rings. The highest BCUT2D eigenvalue weighted by molar-refractivity contribution is 5.53. The monoisotopic (exact) mass is 338 g/mol. The minimum atomic E-state index is -0.458. The largest absolute Gasteiger partial charge is 0.391 e. The minimum Gasteiger partial charge on any atom is -0.391 e. The third kappa shape index (κ3) is 4.71. The van der Waals surface area contributed by atoms with Crippen LogP contribution in [0.4, 0.5) is 0 Å². The average Bonchev–Trinajstić information content (AvgIpc) is 3.06. The molecule has 0 amide bonds. The van der Waals surface area contributed by atoms with Gasteiger partial charge in [-0.2, -0.15) is 5.10 Å². The molecule has 0 aliphatic carbocycles. The first-order valence-electron chi connectivity index (χ1n) is 8.40. The Kier molecular flexibility index (Phi) is 5.87. The van der Waals surface area contributed by atoms with Crippen LogP contribution in [0.3, 0.4) is 0 Å². The van der Waals surface area contributed by atoms with Gasteiger partial charge in [-0.25, -0.2) is 9.67 Å². The molecule has 2 aromatic heterocycles. The smallest absolute Gasteiger partial charge is 0.181 e. The highest BCUT2D eigenvalue weighted by Crippen LogP contribution is 2.16. The summed E-state index contributed by atoms with van der Waals surface area (Å²) >= 11 is 0. The van der Waals surface area contributed by atoms with E-state index in [1.165, 1.54) is 0 Å². The summed E-state index contributed by atoms with van der Waals surface area (Å²) in [5.41, 5.74) is 2.00. The van der Waals surface area contributed by atoms with E-state index < -0.39 is 6.10 Å². The molecule has 0 spiro atoms. The number of nitrogens with zero attached hydrogens (tertiary/aromatic N) is 4. The van der Waals surface area contributed by atoms with Gasteiger partial charge in [0.05, 0.1) is 19.3 Å². The molecule has 3 rings (SSSR count). The van der Waals surface area contributed by atoms with Gasteiger partial charge in [0.1, 0.15) is 6.61 Å². The van der Waals surface area contributed by atoms with Crippen molar-refractivity contribution in [3.8, 4) is 11.4 Å². The lowest BCUT2D eigenvalue weighted by molar-refractivity contribution is 0.0927. The number of hydrogen-bond donors (Lipinski definition) is 1. The van der Waals surface area contributed by atoms with Gasteiger partial charge in [-0.15, -0.1) is 0 Å². The summed E-state index contributed by atoms with van der Waals surface area (Å²) in [6.07, 6.45) is 3.62. The van der Waals surface area contributed by atoms with Gasteiger partial charge in [0.25, 0.3) is 0 Å². The van der Waals surface area contributed by atoms with Crippen molar-refractivity contribution >= 4 is 0 Å². The van der Waals surface area contributed by atoms with Crippen molar-refractivity contribution in [2.45, 2.75) is 39.2 Å². The maximum absolute atomic E-state index is 9.98. The Bertz CT molecular complexity index is 775. The van der Waals surface area contributed by atoms with Gasteiger partial charge in [-0.05, 0) is 24.1 Å². The quantitative estimate of drug-likeness (QED) is 0.684. The second-order valence-corrected chi connectivity index (χ2v) is 5.81. The molecular formula is C19H22N4O2. The number of hydrogen-bond acceptors (Lipinski definition) is 5. The topological polar surface area (TPSA) is 73.1 Å². The van der Waals surface area contributed by atoms with Crippen LogP contribution in [0, 0.1) is 0 Å². The second kappa shape index (κ2) is 8.50. The lowest BCUT2D eigenvalue weighted by atomic mass is 10.2. The van der Waals surface area contributed by atoms with Crippen LogP contribution < -0.4 is 0 Å². The molecule has 0 unspecified atom stereocenters. The van der Waals surface area contributed by atoms with E-state index in [0.29, 0.717) is 37.8 Å². The van der Waals surface area contributed by atoms with E-state index in [4.69, 9.17) is 4.74 Å². The molecule has 3 aromatic rings. The lowest BCUT2D eigenvalue weighted by Crippen LogP contribution is -2.18. The standard InChI is InChI=1S/C19H22N4O2/c1-2-17(24)12-23-18(14-25-13-15-6-4-3-5-7-15)21-19(22-23)16-8-10-20-11-9-16/h3-11,17,24H,2,12-14H2,1H3/t17-/m0/s1. The predicted octanol–water partition coefficient (Wildman–Crippen LogP) is 2.83. The molecule has 0 aliphatic heterocycles. The Hall–Kier alpha value is -2.57. The zero-order valence-corrected chi connectivity index (χ0v) is 14.2. The SMILES string of the molecule is CC[C@H](O)Cn1nc(-c2ccncc2)nc1COCc1ccccc1. The van der Waals surface area contributed by atoms with Gasteiger partial charge in [-0.3, -0.25) is 4.98 Å². The van der Waals surface area contributed by atoms with Crippen molar-refractivity contribution in [2.24, 2.45) is 0 Å². The second-order valence-electron chi connectivity index (χ2n) is 5.81. The van der Waals surface area contributed by atoms with E-state index in [9.17, 15) is 5.11 Å². The minimum absolute atomic E-state index is 0.337. The number of pyridine rings is 1. The van der Waals surface area contributed by atoms with E-state index >= 15 is 0 Å². The van der Waals surface area contributed by atoms with E-state index in [1.54, 1.807) is 17.1 Å². The third-order valence-electron chi connectivity index (χ3n) is 3.88. The zero-order chi connectivity index (χ0) is 17.5. The van der Waals surface area contributed by atoms with E-state index in [2.05, 4.69) is 15.1 Å². The van der Waals surface area contributed by atoms with Crippen LogP contribution >= 0.6 is 0 Å². The van der Waals surface area contributed by atoms with Crippen LogP contribution in [0.1, 0.15) is 24.7 Å². The molecule has 1 atom stereocenters. The van der Waals surface area contributed by atoms with Gasteiger partial charge in [0, 0.05) is 18.0 Å². The Balaban J connectivity index is 1.74. The molecule has 130 valence electrons. The number of ether oxygens (including phenoxy) is 1. The Morgan fingerprint density at radius 1 is 1.08 bits per heavy atom. The first-order chi connectivity index (χ1) is 12.3. The molecule has 0 saturated heterocycles. The molecule has 1 aromatic carbocycles. The van der Waals surface area contributed by atoms with Crippen LogP contribution in [0.5, 0.6) is 0 Å². The summed E-state index contributed by atoms with van der Waals surface area (Å²) in [5.74, 6) is 1.32. The fourth-order valence-electron chi connectivity index (χ4n) is 2.41. The number of aliphatic hydroxyl groups is 1. The van der Waals surface area contributed by atoms with Crippen LogP contribution in [-0.4, -0.2) is 31.0 Å². The van der Waals surface area contributed by atoms with Gasteiger partial charge >= 0.3 is 0 Å². The number of aliphatic hydroxyl groups excluding tert-OH is 1. The van der Waals surface area contributed by atoms with Crippen molar-refractivity contribution in [3.63, 3.8) is 0 Å². The number of aromatic nitrogens is 4. The van der Waals surface area contributed by atoms with Gasteiger partial charge < -0.3 is 9.84 Å². The van der Waals surface area contributed by atoms with Gasteiger partial charge in [0.15, 0.2) is 11.6 Å². The maximum atomic E-state index is 9.98. The normalized spacial score (nSPS) is 12.2. The van der Waals surface area contributed by atoms with Crippen molar-refractivity contribution in [3.05, 3.63) is 66.2 Å². The summed E-state index contributed by atoms with van der Waals surface area (Å²) in [5, 5.41) is 14.5. The van der Waals surface area contributed by atoms with Gasteiger partial charge in [-0.1, -0.05) is 37.3 Å². The van der Waals surface area contributed by atoms with Crippen LogP contribution in [-0.2, 0) is 24.5 Å². The average molecular weight is 338 g/mol. The summed E-state index contributed by atoms with van der Waals surface area (Å²) < 4.78 is 7.52. The molecule has 0 saturated carbocycles. The third-order valence-corrected chi connectivity index (χ3v) is 3.88. The fourth-order valence-corrected chi connectivity index (χ4v) is 2.41. The van der Waals surface area contributed by atoms with Gasteiger partial charge in [0.2, 0.25) is 0 Å². The Morgan fingerprint density at radius 2 is 1.84 bits per heavy atom. The fraction of sp³-hybridized carbons (Fsp3) is 0.316. The summed E-state index contributed by atoms with van der Waals surface area (Å²) in [6.45, 7) is 3.19. The molecular weight excluding hydrogens is 316 g/mol. The Morgan fingerprint density at radius 3 is 2.56 bits per heavy atom. The molecule has 6 nitrogen and oxygen atoms in total. The summed E-state index contributed by atoms with van der Waals surface area (Å²) in [7, 11) is 0. The number of rotatable bonds is 8. The summed E-state index contributed by atoms with van der Waals surface area (Å²) in [6, 6.07) is 13.7.